The SMILES string of the molecule is CC(C)(CCO)CNC1CCC(C)(C)c2ccccc21. The molecule has 0 radical (unpaired) electrons. The van der Waals surface area contributed by atoms with Crippen molar-refractivity contribution in [1.29, 1.82) is 0 Å². The van der Waals surface area contributed by atoms with Crippen molar-refractivity contribution in [2.75, 3.05) is 13.2 Å². The fourth-order valence-corrected chi connectivity index (χ4v) is 3.22. The first-order valence-electron chi connectivity index (χ1n) is 7.79. The third-order valence-electron chi connectivity index (χ3n) is 4.74. The third-order valence-corrected chi connectivity index (χ3v) is 4.74. The van der Waals surface area contributed by atoms with E-state index < -0.39 is 0 Å². The fraction of sp³-hybridized carbons (Fsp3) is 0.667. The lowest BCUT2D eigenvalue weighted by Gasteiger charge is -2.38. The molecule has 2 rings (SSSR count). The zero-order valence-electron chi connectivity index (χ0n) is 13.4. The molecule has 1 aliphatic rings. The number of aliphatic hydroxyl groups is 1. The molecule has 0 saturated carbocycles. The number of rotatable bonds is 5. The van der Waals surface area contributed by atoms with Crippen LogP contribution in [-0.2, 0) is 5.41 Å². The second-order valence-corrected chi connectivity index (χ2v) is 7.58. The fourth-order valence-electron chi connectivity index (χ4n) is 3.22. The predicted octanol–water partition coefficient (Wildman–Crippen LogP) is 3.80. The van der Waals surface area contributed by atoms with Crippen LogP contribution < -0.4 is 5.32 Å². The highest BCUT2D eigenvalue weighted by atomic mass is 16.3. The van der Waals surface area contributed by atoms with Crippen LogP contribution in [0.25, 0.3) is 0 Å². The number of benzene rings is 1. The first kappa shape index (κ1) is 15.5. The third kappa shape index (κ3) is 3.42. The van der Waals surface area contributed by atoms with Crippen molar-refractivity contribution in [1.82, 2.24) is 5.32 Å². The number of hydrogen-bond acceptors (Lipinski definition) is 2. The summed E-state index contributed by atoms with van der Waals surface area (Å²) in [5, 5.41) is 12.9. The van der Waals surface area contributed by atoms with Gasteiger partial charge >= 0.3 is 0 Å². The average Bonchev–Trinajstić information content (AvgIpc) is 2.38. The average molecular weight is 275 g/mol. The molecule has 112 valence electrons. The molecular weight excluding hydrogens is 246 g/mol. The number of fused-ring (bicyclic) bond motifs is 1. The number of aliphatic hydroxyl groups excluding tert-OH is 1. The van der Waals surface area contributed by atoms with Gasteiger partial charge in [-0.3, -0.25) is 0 Å². The molecule has 1 unspecified atom stereocenters. The summed E-state index contributed by atoms with van der Waals surface area (Å²) in [6, 6.07) is 9.30. The Kier molecular flexibility index (Phi) is 4.55. The van der Waals surface area contributed by atoms with Gasteiger partial charge in [-0.1, -0.05) is 52.0 Å². The Morgan fingerprint density at radius 3 is 2.70 bits per heavy atom. The molecule has 0 bridgehead atoms. The van der Waals surface area contributed by atoms with Gasteiger partial charge in [0.25, 0.3) is 0 Å². The second-order valence-electron chi connectivity index (χ2n) is 7.58. The van der Waals surface area contributed by atoms with Gasteiger partial charge in [-0.2, -0.15) is 0 Å². The molecule has 1 atom stereocenters. The molecule has 1 aromatic rings. The molecule has 2 nitrogen and oxygen atoms in total. The van der Waals surface area contributed by atoms with Crippen molar-refractivity contribution in [3.63, 3.8) is 0 Å². The van der Waals surface area contributed by atoms with E-state index in [-0.39, 0.29) is 17.4 Å². The Morgan fingerprint density at radius 2 is 2.00 bits per heavy atom. The molecule has 0 heterocycles. The summed E-state index contributed by atoms with van der Waals surface area (Å²) in [6.45, 7) is 10.3. The topological polar surface area (TPSA) is 32.3 Å². The van der Waals surface area contributed by atoms with Crippen LogP contribution in [0.4, 0.5) is 0 Å². The Balaban J connectivity index is 2.11. The van der Waals surface area contributed by atoms with Gasteiger partial charge in [-0.05, 0) is 41.2 Å². The van der Waals surface area contributed by atoms with Crippen molar-refractivity contribution in [3.8, 4) is 0 Å². The van der Waals surface area contributed by atoms with Gasteiger partial charge < -0.3 is 10.4 Å². The second kappa shape index (κ2) is 5.87. The van der Waals surface area contributed by atoms with Crippen molar-refractivity contribution >= 4 is 0 Å². The van der Waals surface area contributed by atoms with Gasteiger partial charge in [0.05, 0.1) is 0 Å². The molecule has 2 heteroatoms. The van der Waals surface area contributed by atoms with E-state index >= 15 is 0 Å². The molecule has 1 aromatic carbocycles. The maximum Gasteiger partial charge on any atom is 0.0436 e. The van der Waals surface area contributed by atoms with E-state index in [1.165, 1.54) is 24.0 Å². The lowest BCUT2D eigenvalue weighted by molar-refractivity contribution is 0.199. The van der Waals surface area contributed by atoms with Crippen molar-refractivity contribution in [3.05, 3.63) is 35.4 Å². The summed E-state index contributed by atoms with van der Waals surface area (Å²) >= 11 is 0. The van der Waals surface area contributed by atoms with Gasteiger partial charge in [-0.15, -0.1) is 0 Å². The zero-order valence-corrected chi connectivity index (χ0v) is 13.4. The molecule has 20 heavy (non-hydrogen) atoms. The molecule has 0 fully saturated rings. The van der Waals surface area contributed by atoms with Crippen LogP contribution >= 0.6 is 0 Å². The van der Waals surface area contributed by atoms with Crippen LogP contribution in [0.3, 0.4) is 0 Å². The summed E-state index contributed by atoms with van der Waals surface area (Å²) in [5.41, 5.74) is 3.39. The van der Waals surface area contributed by atoms with E-state index in [0.29, 0.717) is 6.04 Å². The molecular formula is C18H29NO. The van der Waals surface area contributed by atoms with E-state index in [0.717, 1.165) is 13.0 Å². The number of hydrogen-bond donors (Lipinski definition) is 2. The summed E-state index contributed by atoms with van der Waals surface area (Å²) in [7, 11) is 0. The van der Waals surface area contributed by atoms with E-state index in [1.807, 2.05) is 0 Å². The normalized spacial score (nSPS) is 21.6. The van der Waals surface area contributed by atoms with Gasteiger partial charge in [0, 0.05) is 19.2 Å². The van der Waals surface area contributed by atoms with Gasteiger partial charge in [0.2, 0.25) is 0 Å². The molecule has 0 aromatic heterocycles. The maximum atomic E-state index is 9.14. The van der Waals surface area contributed by atoms with Gasteiger partial charge in [-0.25, -0.2) is 0 Å². The molecule has 0 spiro atoms. The number of nitrogens with one attached hydrogen (secondary N) is 1. The summed E-state index contributed by atoms with van der Waals surface area (Å²) in [6.07, 6.45) is 3.27. The van der Waals surface area contributed by atoms with E-state index in [1.54, 1.807) is 0 Å². The zero-order chi connectivity index (χ0) is 14.8. The smallest absolute Gasteiger partial charge is 0.0436 e. The minimum absolute atomic E-state index is 0.149. The Bertz CT molecular complexity index is 450. The van der Waals surface area contributed by atoms with E-state index in [4.69, 9.17) is 5.11 Å². The van der Waals surface area contributed by atoms with Crippen LogP contribution in [0.5, 0.6) is 0 Å². The predicted molar refractivity (Wildman–Crippen MR) is 84.9 cm³/mol. The Labute approximate surface area is 123 Å². The highest BCUT2D eigenvalue weighted by Gasteiger charge is 2.32. The highest BCUT2D eigenvalue weighted by molar-refractivity contribution is 5.38. The molecule has 0 amide bonds. The van der Waals surface area contributed by atoms with Gasteiger partial charge in [0.1, 0.15) is 0 Å². The lowest BCUT2D eigenvalue weighted by atomic mass is 9.71. The van der Waals surface area contributed by atoms with E-state index in [9.17, 15) is 0 Å². The maximum absolute atomic E-state index is 9.14. The minimum atomic E-state index is 0.149. The first-order chi connectivity index (χ1) is 9.36. The summed E-state index contributed by atoms with van der Waals surface area (Å²) in [4.78, 5) is 0. The standard InChI is InChI=1S/C18H29NO/c1-17(2,11-12-20)13-19-16-9-10-18(3,4)15-8-6-5-7-14(15)16/h5-8,16,19-20H,9-13H2,1-4H3. The van der Waals surface area contributed by atoms with Crippen molar-refractivity contribution < 1.29 is 5.11 Å². The largest absolute Gasteiger partial charge is 0.396 e. The van der Waals surface area contributed by atoms with Crippen LogP contribution in [0.1, 0.15) is 64.1 Å². The monoisotopic (exact) mass is 275 g/mol. The van der Waals surface area contributed by atoms with Crippen LogP contribution in [0, 0.1) is 5.41 Å². The first-order valence-corrected chi connectivity index (χ1v) is 7.79. The lowest BCUT2D eigenvalue weighted by Crippen LogP contribution is -2.37. The van der Waals surface area contributed by atoms with Gasteiger partial charge in [0.15, 0.2) is 0 Å². The van der Waals surface area contributed by atoms with E-state index in [2.05, 4.69) is 57.3 Å². The quantitative estimate of drug-likeness (QED) is 0.856. The Hall–Kier alpha value is -0.860. The molecule has 0 saturated heterocycles. The Morgan fingerprint density at radius 1 is 1.30 bits per heavy atom. The van der Waals surface area contributed by atoms with Crippen LogP contribution in [0.2, 0.25) is 0 Å². The van der Waals surface area contributed by atoms with Crippen LogP contribution in [-0.4, -0.2) is 18.3 Å². The summed E-state index contributed by atoms with van der Waals surface area (Å²) < 4.78 is 0. The van der Waals surface area contributed by atoms with Crippen molar-refractivity contribution in [2.24, 2.45) is 5.41 Å². The van der Waals surface area contributed by atoms with Crippen molar-refractivity contribution in [2.45, 2.75) is 58.4 Å². The summed E-state index contributed by atoms with van der Waals surface area (Å²) in [5.74, 6) is 0. The molecule has 2 N–H and O–H groups in total. The van der Waals surface area contributed by atoms with Crippen LogP contribution in [0.15, 0.2) is 24.3 Å². The molecule has 1 aliphatic carbocycles. The molecule has 0 aliphatic heterocycles. The highest BCUT2D eigenvalue weighted by Crippen LogP contribution is 2.41. The minimum Gasteiger partial charge on any atom is -0.396 e.